The highest BCUT2D eigenvalue weighted by atomic mass is 16.2. The van der Waals surface area contributed by atoms with Gasteiger partial charge in [0.15, 0.2) is 0 Å². The number of hydrogen-bond donors (Lipinski definition) is 4. The highest BCUT2D eigenvalue weighted by molar-refractivity contribution is 6.37. The maximum absolute atomic E-state index is 14.9. The number of hydrogen-bond acceptors (Lipinski definition) is 7. The molecule has 5 rings (SSSR count). The van der Waals surface area contributed by atoms with Gasteiger partial charge in [-0.3, -0.25) is 29.0 Å². The van der Waals surface area contributed by atoms with Crippen molar-refractivity contribution >= 4 is 29.5 Å². The summed E-state index contributed by atoms with van der Waals surface area (Å²) in [5, 5.41) is 9.21. The molecule has 3 aliphatic carbocycles. The van der Waals surface area contributed by atoms with Crippen molar-refractivity contribution in [2.24, 2.45) is 38.7 Å². The van der Waals surface area contributed by atoms with Gasteiger partial charge in [0.1, 0.15) is 12.1 Å². The van der Waals surface area contributed by atoms with Crippen molar-refractivity contribution in [2.45, 2.75) is 150 Å². The minimum Gasteiger partial charge on any atom is -0.363 e. The molecule has 2 aliphatic heterocycles. The van der Waals surface area contributed by atoms with Gasteiger partial charge >= 0.3 is 6.03 Å². The van der Waals surface area contributed by atoms with Crippen LogP contribution in [0.1, 0.15) is 121 Å². The number of ketones is 1. The number of likely N-dealkylation sites (tertiary alicyclic amines) is 1. The van der Waals surface area contributed by atoms with E-state index in [0.29, 0.717) is 25.9 Å². The minimum atomic E-state index is -1.06. The van der Waals surface area contributed by atoms with E-state index in [-0.39, 0.29) is 45.1 Å². The van der Waals surface area contributed by atoms with Crippen molar-refractivity contribution in [3.63, 3.8) is 0 Å². The lowest BCUT2D eigenvalue weighted by molar-refractivity contribution is -0.143. The van der Waals surface area contributed by atoms with Gasteiger partial charge in [-0.05, 0) is 74.2 Å². The van der Waals surface area contributed by atoms with Crippen LogP contribution < -0.4 is 21.7 Å². The van der Waals surface area contributed by atoms with E-state index in [2.05, 4.69) is 81.3 Å². The monoisotopic (exact) mass is 728 g/mol. The molecular formula is C40H69N7O5. The summed E-state index contributed by atoms with van der Waals surface area (Å²) in [5.74, 6) is -2.35. The summed E-state index contributed by atoms with van der Waals surface area (Å²) >= 11 is 0. The van der Waals surface area contributed by atoms with Crippen molar-refractivity contribution in [3.8, 4) is 0 Å². The quantitative estimate of drug-likeness (QED) is 0.237. The summed E-state index contributed by atoms with van der Waals surface area (Å²) in [5.41, 5.74) is 4.27. The van der Waals surface area contributed by atoms with Crippen LogP contribution in [0.25, 0.3) is 0 Å². The van der Waals surface area contributed by atoms with Crippen LogP contribution in [0.3, 0.4) is 0 Å². The third kappa shape index (κ3) is 7.23. The molecule has 5 atom stereocenters. The second kappa shape index (κ2) is 13.8. The average Bonchev–Trinajstić information content (AvgIpc) is 3.19. The van der Waals surface area contributed by atoms with E-state index >= 15 is 0 Å². The second-order valence-corrected chi connectivity index (χ2v) is 20.5. The molecule has 2 saturated heterocycles. The third-order valence-electron chi connectivity index (χ3n) is 14.6. The van der Waals surface area contributed by atoms with E-state index in [0.717, 1.165) is 58.2 Å². The Bertz CT molecular complexity index is 1420. The molecule has 5 aliphatic rings. The maximum atomic E-state index is 14.9. The molecule has 3 saturated carbocycles. The lowest BCUT2D eigenvalue weighted by Crippen LogP contribution is -2.63. The fraction of sp³-hybridized carbons (Fsp3) is 0.875. The number of nitrogens with two attached hydrogens (primary N) is 1. The summed E-state index contributed by atoms with van der Waals surface area (Å²) < 4.78 is 0. The number of piperazine rings is 1. The van der Waals surface area contributed by atoms with Gasteiger partial charge in [0, 0.05) is 49.7 Å². The Balaban J connectivity index is 1.37. The molecule has 2 spiro atoms. The van der Waals surface area contributed by atoms with Crippen LogP contribution in [0.2, 0.25) is 0 Å². The Hall–Kier alpha value is -2.73. The maximum Gasteiger partial charge on any atom is 0.315 e. The standard InChI is InChI=1S/C40H69N7O5/c1-35(2,3)28(22-46-19-18-45(11)37(7,8)23-46)43-34(52)44-30(36(4,5)6)33(51)47-24-40(38(9,10)39(40)16-13-17-39)21-27(47)32(50)42-26(29(48)31(41)49)20-25-14-12-15-25/h25-28,30H,12-24H2,1-11H3,(H2,41,49)(H,42,50)(H2,43,44,52)/t26?,27-,28+,30?,40?/m0/s1. The number of nitrogens with one attached hydrogen (secondary N) is 3. The largest absolute Gasteiger partial charge is 0.363 e. The Morgan fingerprint density at radius 2 is 1.46 bits per heavy atom. The van der Waals surface area contributed by atoms with Gasteiger partial charge in [-0.1, -0.05) is 81.1 Å². The summed E-state index contributed by atoms with van der Waals surface area (Å²) in [6.45, 7) is 25.0. The van der Waals surface area contributed by atoms with E-state index < -0.39 is 47.2 Å². The predicted octanol–water partition coefficient (Wildman–Crippen LogP) is 3.67. The Morgan fingerprint density at radius 3 is 1.92 bits per heavy atom. The van der Waals surface area contributed by atoms with Gasteiger partial charge in [0.25, 0.3) is 5.91 Å². The molecule has 0 bridgehead atoms. The molecule has 12 nitrogen and oxygen atoms in total. The van der Waals surface area contributed by atoms with Crippen LogP contribution in [0.15, 0.2) is 0 Å². The number of amides is 5. The second-order valence-electron chi connectivity index (χ2n) is 20.5. The van der Waals surface area contributed by atoms with Crippen LogP contribution in [-0.2, 0) is 19.2 Å². The zero-order valence-corrected chi connectivity index (χ0v) is 34.0. The molecule has 294 valence electrons. The molecule has 52 heavy (non-hydrogen) atoms. The number of urea groups is 1. The number of carbonyl (C=O) groups excluding carboxylic acids is 5. The van der Waals surface area contributed by atoms with Gasteiger partial charge in [-0.15, -0.1) is 0 Å². The number of carbonyl (C=O) groups is 5. The van der Waals surface area contributed by atoms with Crippen molar-refractivity contribution in [2.75, 3.05) is 39.8 Å². The first-order valence-electron chi connectivity index (χ1n) is 19.8. The number of rotatable bonds is 11. The minimum absolute atomic E-state index is 0.0150. The molecule has 5 amide bonds. The summed E-state index contributed by atoms with van der Waals surface area (Å²) in [6, 6.07) is -3.37. The first-order chi connectivity index (χ1) is 23.9. The van der Waals surface area contributed by atoms with Crippen LogP contribution >= 0.6 is 0 Å². The number of primary amides is 1. The Labute approximate surface area is 312 Å². The van der Waals surface area contributed by atoms with E-state index in [1.54, 1.807) is 4.90 Å². The molecule has 0 radical (unpaired) electrons. The van der Waals surface area contributed by atoms with Crippen LogP contribution in [0, 0.1) is 33.0 Å². The molecule has 5 fully saturated rings. The first-order valence-corrected chi connectivity index (χ1v) is 19.8. The third-order valence-corrected chi connectivity index (χ3v) is 14.6. The van der Waals surface area contributed by atoms with Crippen molar-refractivity contribution < 1.29 is 24.0 Å². The predicted molar refractivity (Wildman–Crippen MR) is 202 cm³/mol. The van der Waals surface area contributed by atoms with Gasteiger partial charge in [0.05, 0.1) is 6.04 Å². The summed E-state index contributed by atoms with van der Waals surface area (Å²) in [6.07, 6.45) is 7.02. The average molecular weight is 728 g/mol. The number of fused-ring (bicyclic) bond motifs is 1. The molecule has 0 aromatic heterocycles. The molecule has 0 aromatic carbocycles. The van der Waals surface area contributed by atoms with Gasteiger partial charge in [0.2, 0.25) is 17.6 Å². The normalized spacial score (nSPS) is 28.7. The van der Waals surface area contributed by atoms with E-state index in [1.165, 1.54) is 0 Å². The van der Waals surface area contributed by atoms with E-state index in [4.69, 9.17) is 5.73 Å². The fourth-order valence-electron chi connectivity index (χ4n) is 10.2. The topological polar surface area (TPSA) is 157 Å². The lowest BCUT2D eigenvalue weighted by Gasteiger charge is -2.47. The first kappa shape index (κ1) is 40.5. The number of nitrogens with zero attached hydrogens (tertiary/aromatic N) is 3. The summed E-state index contributed by atoms with van der Waals surface area (Å²) in [7, 11) is 2.15. The Kier molecular flexibility index (Phi) is 10.8. The van der Waals surface area contributed by atoms with Crippen molar-refractivity contribution in [1.29, 1.82) is 0 Å². The van der Waals surface area contributed by atoms with Crippen LogP contribution in [-0.4, -0.2) is 114 Å². The van der Waals surface area contributed by atoms with Gasteiger partial charge in [-0.25, -0.2) is 4.79 Å². The van der Waals surface area contributed by atoms with Crippen molar-refractivity contribution in [3.05, 3.63) is 0 Å². The smallest absolute Gasteiger partial charge is 0.315 e. The van der Waals surface area contributed by atoms with Crippen LogP contribution in [0.5, 0.6) is 0 Å². The molecule has 5 N–H and O–H groups in total. The SMILES string of the molecule is CN1CCN(C[C@@H](NC(=O)NC(C(=O)N2CC3(C[C@H]2C(=O)NC(CC2CCC2)C(=O)C(N)=O)C(C)(C)C32CCC2)C(C)(C)C)C(C)(C)C)CC1(C)C. The Morgan fingerprint density at radius 1 is 0.827 bits per heavy atom. The van der Waals surface area contributed by atoms with Crippen molar-refractivity contribution in [1.82, 2.24) is 30.7 Å². The zero-order valence-electron chi connectivity index (χ0n) is 34.0. The molecule has 2 heterocycles. The van der Waals surface area contributed by atoms with Gasteiger partial charge < -0.3 is 26.6 Å². The fourth-order valence-corrected chi connectivity index (χ4v) is 10.2. The number of Topliss-reactive ketones (excluding diaryl/α,β-unsaturated/α-hetero) is 1. The summed E-state index contributed by atoms with van der Waals surface area (Å²) in [4.78, 5) is 74.6. The highest BCUT2D eigenvalue weighted by Gasteiger charge is 2.85. The van der Waals surface area contributed by atoms with Crippen LogP contribution in [0.4, 0.5) is 4.79 Å². The lowest BCUT2D eigenvalue weighted by atomic mass is 9.73. The zero-order chi connectivity index (χ0) is 38.8. The number of likely N-dealkylation sites (N-methyl/N-ethyl adjacent to an activating group) is 1. The molecule has 12 heteroatoms. The highest BCUT2D eigenvalue weighted by Crippen LogP contribution is 2.88. The van der Waals surface area contributed by atoms with E-state index in [9.17, 15) is 24.0 Å². The molecule has 3 unspecified atom stereocenters. The van der Waals surface area contributed by atoms with E-state index in [1.807, 2.05) is 20.8 Å². The molecular weight excluding hydrogens is 658 g/mol. The molecule has 0 aromatic rings. The van der Waals surface area contributed by atoms with Gasteiger partial charge in [-0.2, -0.15) is 0 Å².